The molecule has 5 nitrogen and oxygen atoms in total. The molecule has 1 heterocycles. The first-order valence-electron chi connectivity index (χ1n) is 7.30. The second-order valence-corrected chi connectivity index (χ2v) is 8.94. The SMILES string of the molecule is NS(=O)(=O)c1cnc(NCC2CC23CCc2ccccc23)s1. The summed E-state index contributed by atoms with van der Waals surface area (Å²) in [6.07, 6.45) is 4.90. The molecule has 0 aliphatic heterocycles. The van der Waals surface area contributed by atoms with Gasteiger partial charge in [0.1, 0.15) is 0 Å². The Labute approximate surface area is 133 Å². The molecular weight excluding hydrogens is 318 g/mol. The number of primary sulfonamides is 1. The van der Waals surface area contributed by atoms with Crippen molar-refractivity contribution >= 4 is 26.5 Å². The van der Waals surface area contributed by atoms with Crippen molar-refractivity contribution in [3.05, 3.63) is 41.6 Å². The van der Waals surface area contributed by atoms with E-state index in [2.05, 4.69) is 34.6 Å². The van der Waals surface area contributed by atoms with Gasteiger partial charge in [-0.05, 0) is 36.3 Å². The molecule has 3 N–H and O–H groups in total. The molecule has 1 aromatic heterocycles. The first-order chi connectivity index (χ1) is 10.5. The summed E-state index contributed by atoms with van der Waals surface area (Å²) in [4.78, 5) is 4.09. The Morgan fingerprint density at radius 2 is 2.23 bits per heavy atom. The predicted molar refractivity (Wildman–Crippen MR) is 86.5 cm³/mol. The number of hydrogen-bond donors (Lipinski definition) is 2. The zero-order chi connectivity index (χ0) is 15.4. The summed E-state index contributed by atoms with van der Waals surface area (Å²) in [7, 11) is -3.65. The maximum absolute atomic E-state index is 11.3. The fourth-order valence-corrected chi connectivity index (χ4v) is 5.14. The number of hydrogen-bond acceptors (Lipinski definition) is 5. The Balaban J connectivity index is 1.44. The molecule has 2 aliphatic rings. The number of thiazole rings is 1. The molecule has 2 aromatic rings. The number of aromatic nitrogens is 1. The average molecular weight is 335 g/mol. The molecule has 22 heavy (non-hydrogen) atoms. The number of nitrogens with zero attached hydrogens (tertiary/aromatic N) is 1. The van der Waals surface area contributed by atoms with Gasteiger partial charge >= 0.3 is 0 Å². The van der Waals surface area contributed by atoms with Crippen LogP contribution in [-0.4, -0.2) is 19.9 Å². The molecule has 1 fully saturated rings. The fraction of sp³-hybridized carbons (Fsp3) is 0.400. The van der Waals surface area contributed by atoms with Gasteiger partial charge in [-0.3, -0.25) is 0 Å². The van der Waals surface area contributed by atoms with Crippen molar-refractivity contribution in [2.24, 2.45) is 11.1 Å². The minimum Gasteiger partial charge on any atom is -0.361 e. The number of sulfonamides is 1. The van der Waals surface area contributed by atoms with Crippen molar-refractivity contribution in [3.63, 3.8) is 0 Å². The topological polar surface area (TPSA) is 85.1 Å². The Bertz CT molecular complexity index is 831. The van der Waals surface area contributed by atoms with Crippen LogP contribution in [0.3, 0.4) is 0 Å². The summed E-state index contributed by atoms with van der Waals surface area (Å²) in [6, 6.07) is 8.71. The zero-order valence-corrected chi connectivity index (χ0v) is 13.6. The third kappa shape index (κ3) is 2.24. The van der Waals surface area contributed by atoms with Gasteiger partial charge in [-0.15, -0.1) is 0 Å². The van der Waals surface area contributed by atoms with Crippen molar-refractivity contribution in [1.82, 2.24) is 4.98 Å². The van der Waals surface area contributed by atoms with Crippen LogP contribution in [0.15, 0.2) is 34.7 Å². The highest BCUT2D eigenvalue weighted by Crippen LogP contribution is 2.61. The van der Waals surface area contributed by atoms with Crippen molar-refractivity contribution in [1.29, 1.82) is 0 Å². The van der Waals surface area contributed by atoms with Crippen LogP contribution in [0.4, 0.5) is 5.13 Å². The third-order valence-electron chi connectivity index (χ3n) is 4.89. The Morgan fingerprint density at radius 1 is 1.41 bits per heavy atom. The van der Waals surface area contributed by atoms with Crippen LogP contribution in [0.1, 0.15) is 24.0 Å². The number of aryl methyl sites for hydroxylation is 1. The van der Waals surface area contributed by atoms with Gasteiger partial charge < -0.3 is 5.32 Å². The number of fused-ring (bicyclic) bond motifs is 2. The first kappa shape index (κ1) is 14.2. The summed E-state index contributed by atoms with van der Waals surface area (Å²) < 4.78 is 22.6. The van der Waals surface area contributed by atoms with Gasteiger partial charge in [0, 0.05) is 12.0 Å². The number of rotatable bonds is 4. The number of benzene rings is 1. The van der Waals surface area contributed by atoms with Gasteiger partial charge in [0.15, 0.2) is 9.34 Å². The Morgan fingerprint density at radius 3 is 3.00 bits per heavy atom. The van der Waals surface area contributed by atoms with Gasteiger partial charge in [0.2, 0.25) is 10.0 Å². The molecule has 1 spiro atoms. The molecule has 0 amide bonds. The maximum atomic E-state index is 11.3. The standard InChI is InChI=1S/C15H17N3O2S2/c16-22(19,20)13-9-18-14(21-13)17-8-11-7-15(11)6-5-10-3-1-2-4-12(10)15/h1-4,9,11H,5-8H2,(H,17,18)(H2,16,19,20). The summed E-state index contributed by atoms with van der Waals surface area (Å²) in [5.74, 6) is 0.595. The predicted octanol–water partition coefficient (Wildman–Crippen LogP) is 2.11. The van der Waals surface area contributed by atoms with Gasteiger partial charge in [-0.1, -0.05) is 35.6 Å². The molecule has 116 valence electrons. The largest absolute Gasteiger partial charge is 0.361 e. The highest BCUT2D eigenvalue weighted by atomic mass is 32.2. The average Bonchev–Trinajstić information content (AvgIpc) is 2.84. The van der Waals surface area contributed by atoms with E-state index in [1.165, 1.54) is 36.6 Å². The third-order valence-corrected chi connectivity index (χ3v) is 7.25. The molecule has 2 unspecified atom stereocenters. The lowest BCUT2D eigenvalue weighted by Crippen LogP contribution is -2.12. The highest BCUT2D eigenvalue weighted by Gasteiger charge is 2.57. The normalized spacial score (nSPS) is 26.1. The molecule has 1 saturated carbocycles. The number of nitrogens with one attached hydrogen (secondary N) is 1. The van der Waals surface area contributed by atoms with Crippen LogP contribution in [0.5, 0.6) is 0 Å². The molecule has 0 saturated heterocycles. The minimum atomic E-state index is -3.65. The summed E-state index contributed by atoms with van der Waals surface area (Å²) >= 11 is 1.09. The van der Waals surface area contributed by atoms with Crippen LogP contribution in [-0.2, 0) is 21.9 Å². The van der Waals surface area contributed by atoms with Gasteiger partial charge in [-0.2, -0.15) is 0 Å². The van der Waals surface area contributed by atoms with E-state index in [-0.39, 0.29) is 4.21 Å². The highest BCUT2D eigenvalue weighted by molar-refractivity contribution is 7.91. The molecule has 7 heteroatoms. The minimum absolute atomic E-state index is 0.103. The number of nitrogens with two attached hydrogens (primary N) is 1. The van der Waals surface area contributed by atoms with Crippen molar-refractivity contribution in [2.75, 3.05) is 11.9 Å². The van der Waals surface area contributed by atoms with E-state index >= 15 is 0 Å². The molecule has 0 radical (unpaired) electrons. The monoisotopic (exact) mass is 335 g/mol. The molecular formula is C15H17N3O2S2. The molecule has 1 aromatic carbocycles. The van der Waals surface area contributed by atoms with E-state index in [0.29, 0.717) is 16.5 Å². The van der Waals surface area contributed by atoms with E-state index in [0.717, 1.165) is 17.9 Å². The fourth-order valence-electron chi connectivity index (χ4n) is 3.68. The van der Waals surface area contributed by atoms with E-state index in [1.807, 2.05) is 0 Å². The molecule has 4 rings (SSSR count). The summed E-state index contributed by atoms with van der Waals surface area (Å²) in [5.41, 5.74) is 3.32. The smallest absolute Gasteiger partial charge is 0.249 e. The van der Waals surface area contributed by atoms with Crippen molar-refractivity contribution in [2.45, 2.75) is 28.9 Å². The molecule has 2 aliphatic carbocycles. The Hall–Kier alpha value is -1.44. The van der Waals surface area contributed by atoms with Crippen molar-refractivity contribution in [3.8, 4) is 0 Å². The second-order valence-electron chi connectivity index (χ2n) is 6.12. The number of anilines is 1. The lowest BCUT2D eigenvalue weighted by Gasteiger charge is -2.11. The van der Waals surface area contributed by atoms with Gasteiger partial charge in [-0.25, -0.2) is 18.5 Å². The maximum Gasteiger partial charge on any atom is 0.249 e. The van der Waals surface area contributed by atoms with Gasteiger partial charge in [0.05, 0.1) is 6.20 Å². The summed E-state index contributed by atoms with van der Waals surface area (Å²) in [6.45, 7) is 0.825. The van der Waals surface area contributed by atoms with Crippen LogP contribution < -0.4 is 10.5 Å². The zero-order valence-electron chi connectivity index (χ0n) is 12.0. The van der Waals surface area contributed by atoms with Crippen LogP contribution in [0.25, 0.3) is 0 Å². The van der Waals surface area contributed by atoms with Crippen LogP contribution >= 0.6 is 11.3 Å². The summed E-state index contributed by atoms with van der Waals surface area (Å²) in [5, 5.41) is 8.99. The van der Waals surface area contributed by atoms with Crippen LogP contribution in [0.2, 0.25) is 0 Å². The lowest BCUT2D eigenvalue weighted by atomic mass is 9.95. The molecule has 2 atom stereocenters. The quantitative estimate of drug-likeness (QED) is 0.896. The van der Waals surface area contributed by atoms with E-state index in [1.54, 1.807) is 0 Å². The lowest BCUT2D eigenvalue weighted by molar-refractivity contribution is 0.599. The van der Waals surface area contributed by atoms with E-state index in [4.69, 9.17) is 5.14 Å². The van der Waals surface area contributed by atoms with Crippen molar-refractivity contribution < 1.29 is 8.42 Å². The molecule has 0 bridgehead atoms. The Kier molecular flexibility index (Phi) is 3.08. The second kappa shape index (κ2) is 4.78. The van der Waals surface area contributed by atoms with E-state index in [9.17, 15) is 8.42 Å². The first-order valence-corrected chi connectivity index (χ1v) is 9.66. The van der Waals surface area contributed by atoms with E-state index < -0.39 is 10.0 Å². The van der Waals surface area contributed by atoms with Crippen LogP contribution in [0, 0.1) is 5.92 Å². The van der Waals surface area contributed by atoms with Gasteiger partial charge in [0.25, 0.3) is 0 Å².